The average molecular weight is 242 g/mol. The maximum Gasteiger partial charge on any atom is 0.170 e. The van der Waals surface area contributed by atoms with E-state index in [0.29, 0.717) is 19.8 Å². The highest BCUT2D eigenvalue weighted by atomic mass is 32.2. The second-order valence-corrected chi connectivity index (χ2v) is 3.94. The molecule has 0 spiro atoms. The molecular formula is C11H18N2O2S. The number of nitrogens with zero attached hydrogens (tertiary/aromatic N) is 1. The molecule has 1 rings (SSSR count). The lowest BCUT2D eigenvalue weighted by Gasteiger charge is -2.16. The Morgan fingerprint density at radius 1 is 1.25 bits per heavy atom. The fraction of sp³-hybridized carbons (Fsp3) is 0.545. The van der Waals surface area contributed by atoms with Gasteiger partial charge in [-0.1, -0.05) is 0 Å². The van der Waals surface area contributed by atoms with Crippen molar-refractivity contribution < 1.29 is 9.47 Å². The van der Waals surface area contributed by atoms with E-state index in [2.05, 4.69) is 9.71 Å². The minimum Gasteiger partial charge on any atom is -0.352 e. The van der Waals surface area contributed by atoms with Gasteiger partial charge in [0.2, 0.25) is 0 Å². The molecule has 16 heavy (non-hydrogen) atoms. The summed E-state index contributed by atoms with van der Waals surface area (Å²) in [5.41, 5.74) is 0. The molecule has 0 unspecified atom stereocenters. The number of aromatic nitrogens is 1. The second-order valence-electron chi connectivity index (χ2n) is 2.97. The van der Waals surface area contributed by atoms with E-state index < -0.39 is 0 Å². The minimum atomic E-state index is -0.177. The summed E-state index contributed by atoms with van der Waals surface area (Å²) in [6.07, 6.45) is 3.36. The molecule has 90 valence electrons. The summed E-state index contributed by atoms with van der Waals surface area (Å²) in [5.74, 6) is 0. The maximum absolute atomic E-state index is 5.41. The van der Waals surface area contributed by atoms with E-state index in [4.69, 9.17) is 9.47 Å². The van der Waals surface area contributed by atoms with Gasteiger partial charge in [0.15, 0.2) is 6.29 Å². The molecule has 0 aromatic carbocycles. The lowest BCUT2D eigenvalue weighted by molar-refractivity contribution is -0.130. The van der Waals surface area contributed by atoms with Crippen molar-refractivity contribution in [2.24, 2.45) is 0 Å². The second kappa shape index (κ2) is 8.52. The van der Waals surface area contributed by atoms with Crippen molar-refractivity contribution in [1.82, 2.24) is 9.71 Å². The van der Waals surface area contributed by atoms with Gasteiger partial charge in [0, 0.05) is 30.5 Å². The zero-order valence-electron chi connectivity index (χ0n) is 9.68. The Kier molecular flexibility index (Phi) is 7.16. The maximum atomic E-state index is 5.41. The van der Waals surface area contributed by atoms with Gasteiger partial charge in [0.25, 0.3) is 0 Å². The summed E-state index contributed by atoms with van der Waals surface area (Å²) >= 11 is 1.55. The van der Waals surface area contributed by atoms with Gasteiger partial charge in [0.05, 0.1) is 6.54 Å². The molecule has 0 aliphatic heterocycles. The van der Waals surface area contributed by atoms with Crippen LogP contribution >= 0.6 is 11.9 Å². The smallest absolute Gasteiger partial charge is 0.170 e. The summed E-state index contributed by atoms with van der Waals surface area (Å²) in [6.45, 7) is 5.90. The van der Waals surface area contributed by atoms with E-state index in [0.717, 1.165) is 4.90 Å². The Hall–Kier alpha value is -0.620. The van der Waals surface area contributed by atoms with Crippen LogP contribution in [0.15, 0.2) is 29.4 Å². The van der Waals surface area contributed by atoms with Crippen LogP contribution in [0.4, 0.5) is 0 Å². The molecule has 0 fully saturated rings. The quantitative estimate of drug-likeness (QED) is 0.558. The highest BCUT2D eigenvalue weighted by Crippen LogP contribution is 2.12. The molecule has 0 saturated carbocycles. The van der Waals surface area contributed by atoms with E-state index in [1.807, 2.05) is 26.0 Å². The van der Waals surface area contributed by atoms with Crippen molar-refractivity contribution in [3.63, 3.8) is 0 Å². The van der Waals surface area contributed by atoms with E-state index >= 15 is 0 Å². The number of pyridine rings is 1. The third-order valence-electron chi connectivity index (χ3n) is 1.79. The molecule has 0 radical (unpaired) electrons. The third kappa shape index (κ3) is 5.46. The SMILES string of the molecule is CCOC(CNSc1ccncc1)OCC. The molecule has 1 aromatic rings. The monoisotopic (exact) mass is 242 g/mol. The summed E-state index contributed by atoms with van der Waals surface area (Å²) in [7, 11) is 0. The van der Waals surface area contributed by atoms with Crippen LogP contribution in [0.3, 0.4) is 0 Å². The number of hydrogen-bond acceptors (Lipinski definition) is 5. The zero-order valence-corrected chi connectivity index (χ0v) is 10.5. The van der Waals surface area contributed by atoms with E-state index in [-0.39, 0.29) is 6.29 Å². The van der Waals surface area contributed by atoms with Crippen LogP contribution in [0.1, 0.15) is 13.8 Å². The number of nitrogens with one attached hydrogen (secondary N) is 1. The molecule has 1 heterocycles. The Balaban J connectivity index is 2.22. The standard InChI is InChI=1S/C11H18N2O2S/c1-3-14-11(15-4-2)9-13-16-10-5-7-12-8-6-10/h5-8,11,13H,3-4,9H2,1-2H3. The molecule has 0 saturated heterocycles. The molecule has 0 amide bonds. The predicted octanol–water partition coefficient (Wildman–Crippen LogP) is 2.08. The van der Waals surface area contributed by atoms with Crippen LogP contribution in [0, 0.1) is 0 Å². The van der Waals surface area contributed by atoms with Gasteiger partial charge in [-0.25, -0.2) is 0 Å². The van der Waals surface area contributed by atoms with Crippen molar-refractivity contribution >= 4 is 11.9 Å². The molecule has 1 N–H and O–H groups in total. The van der Waals surface area contributed by atoms with Gasteiger partial charge >= 0.3 is 0 Å². The Morgan fingerprint density at radius 2 is 1.88 bits per heavy atom. The van der Waals surface area contributed by atoms with Crippen molar-refractivity contribution in [2.75, 3.05) is 19.8 Å². The zero-order chi connectivity index (χ0) is 11.6. The van der Waals surface area contributed by atoms with Crippen LogP contribution in [0.5, 0.6) is 0 Å². The molecule has 0 aliphatic rings. The predicted molar refractivity (Wildman–Crippen MR) is 65.1 cm³/mol. The Bertz CT molecular complexity index is 266. The van der Waals surface area contributed by atoms with Crippen molar-refractivity contribution in [2.45, 2.75) is 25.0 Å². The Morgan fingerprint density at radius 3 is 2.44 bits per heavy atom. The molecule has 1 aromatic heterocycles. The Labute approximate surface area is 101 Å². The molecule has 0 aliphatic carbocycles. The molecule has 0 atom stereocenters. The molecule has 4 nitrogen and oxygen atoms in total. The number of rotatable bonds is 8. The van der Waals surface area contributed by atoms with Crippen molar-refractivity contribution in [3.8, 4) is 0 Å². The summed E-state index contributed by atoms with van der Waals surface area (Å²) < 4.78 is 14.0. The topological polar surface area (TPSA) is 43.4 Å². The highest BCUT2D eigenvalue weighted by molar-refractivity contribution is 7.97. The summed E-state index contributed by atoms with van der Waals surface area (Å²) in [5, 5.41) is 0. The first kappa shape index (κ1) is 13.4. The first-order chi connectivity index (χ1) is 7.86. The minimum absolute atomic E-state index is 0.177. The van der Waals surface area contributed by atoms with Gasteiger partial charge in [0.1, 0.15) is 0 Å². The molecular weight excluding hydrogens is 224 g/mol. The normalized spacial score (nSPS) is 10.9. The number of ether oxygens (including phenoxy) is 2. The van der Waals surface area contributed by atoms with Gasteiger partial charge < -0.3 is 9.47 Å². The van der Waals surface area contributed by atoms with E-state index in [1.165, 1.54) is 0 Å². The number of hydrogen-bond donors (Lipinski definition) is 1. The lowest BCUT2D eigenvalue weighted by Crippen LogP contribution is -2.28. The fourth-order valence-electron chi connectivity index (χ4n) is 1.14. The fourth-order valence-corrected chi connectivity index (χ4v) is 1.78. The first-order valence-corrected chi connectivity index (χ1v) is 6.21. The highest BCUT2D eigenvalue weighted by Gasteiger charge is 2.06. The lowest BCUT2D eigenvalue weighted by atomic mass is 10.5. The largest absolute Gasteiger partial charge is 0.352 e. The van der Waals surface area contributed by atoms with Crippen LogP contribution in [0.2, 0.25) is 0 Å². The van der Waals surface area contributed by atoms with Crippen LogP contribution in [-0.4, -0.2) is 31.0 Å². The molecule has 0 bridgehead atoms. The van der Waals surface area contributed by atoms with Crippen molar-refractivity contribution in [3.05, 3.63) is 24.5 Å². The van der Waals surface area contributed by atoms with Gasteiger partial charge in [-0.2, -0.15) is 0 Å². The summed E-state index contributed by atoms with van der Waals surface area (Å²) in [6, 6.07) is 3.90. The summed E-state index contributed by atoms with van der Waals surface area (Å²) in [4.78, 5) is 5.08. The van der Waals surface area contributed by atoms with E-state index in [1.54, 1.807) is 24.3 Å². The third-order valence-corrected chi connectivity index (χ3v) is 2.61. The first-order valence-electron chi connectivity index (χ1n) is 5.39. The van der Waals surface area contributed by atoms with Crippen molar-refractivity contribution in [1.29, 1.82) is 0 Å². The van der Waals surface area contributed by atoms with Gasteiger partial charge in [-0.15, -0.1) is 0 Å². The molecule has 5 heteroatoms. The van der Waals surface area contributed by atoms with Crippen LogP contribution in [0.25, 0.3) is 0 Å². The van der Waals surface area contributed by atoms with Crippen LogP contribution in [-0.2, 0) is 9.47 Å². The average Bonchev–Trinajstić information content (AvgIpc) is 2.31. The van der Waals surface area contributed by atoms with Crippen LogP contribution < -0.4 is 4.72 Å². The van der Waals surface area contributed by atoms with E-state index in [9.17, 15) is 0 Å². The van der Waals surface area contributed by atoms with Gasteiger partial charge in [-0.3, -0.25) is 9.71 Å². The van der Waals surface area contributed by atoms with Gasteiger partial charge in [-0.05, 0) is 37.9 Å².